The number of likely N-dealkylation sites (tertiary alicyclic amines) is 1. The minimum Gasteiger partial charge on any atom is -0.453 e. The summed E-state index contributed by atoms with van der Waals surface area (Å²) in [5, 5.41) is 4.50. The number of carbonyl (C=O) groups excluding carboxylic acids is 2. The molecule has 1 fully saturated rings. The lowest BCUT2D eigenvalue weighted by atomic mass is 10.2. The molecule has 1 atom stereocenters. The number of hydrogen-bond acceptors (Lipinski definition) is 5. The molecule has 2 amide bonds. The molecule has 1 aliphatic heterocycles. The van der Waals surface area contributed by atoms with E-state index < -0.39 is 6.09 Å². The molecular formula is C14H17N3O3S. The Labute approximate surface area is 127 Å². The van der Waals surface area contributed by atoms with Crippen LogP contribution in [0.2, 0.25) is 0 Å². The number of thiophene rings is 1. The maximum atomic E-state index is 12.4. The van der Waals surface area contributed by atoms with Gasteiger partial charge in [0.1, 0.15) is 0 Å². The van der Waals surface area contributed by atoms with E-state index in [9.17, 15) is 9.59 Å². The van der Waals surface area contributed by atoms with Gasteiger partial charge in [0, 0.05) is 18.5 Å². The van der Waals surface area contributed by atoms with Crippen LogP contribution in [-0.4, -0.2) is 49.7 Å². The van der Waals surface area contributed by atoms with Crippen LogP contribution in [0.5, 0.6) is 0 Å². The van der Waals surface area contributed by atoms with E-state index in [4.69, 9.17) is 5.73 Å². The Hall–Kier alpha value is -2.04. The fraction of sp³-hybridized carbons (Fsp3) is 0.429. The summed E-state index contributed by atoms with van der Waals surface area (Å²) in [5.41, 5.74) is 5.95. The Balaban J connectivity index is 1.95. The summed E-state index contributed by atoms with van der Waals surface area (Å²) in [6.45, 7) is 1.41. The highest BCUT2D eigenvalue weighted by atomic mass is 32.1. The summed E-state index contributed by atoms with van der Waals surface area (Å²) in [5.74, 6) is 5.63. The van der Waals surface area contributed by atoms with Crippen molar-refractivity contribution >= 4 is 23.3 Å². The molecule has 3 N–H and O–H groups in total. The predicted octanol–water partition coefficient (Wildman–Crippen LogP) is 0.629. The van der Waals surface area contributed by atoms with Gasteiger partial charge in [0.15, 0.2) is 0 Å². The number of hydrogen-bond donors (Lipinski definition) is 2. The SMILES string of the molecule is COC(=O)NC1CCN(C(=O)c2csc(C#CCN)c2)C1. The largest absolute Gasteiger partial charge is 0.453 e. The van der Waals surface area contributed by atoms with Gasteiger partial charge in [0.2, 0.25) is 0 Å². The van der Waals surface area contributed by atoms with Crippen LogP contribution < -0.4 is 11.1 Å². The number of carbonyl (C=O) groups is 2. The lowest BCUT2D eigenvalue weighted by molar-refractivity contribution is 0.0788. The number of rotatable bonds is 2. The summed E-state index contributed by atoms with van der Waals surface area (Å²) in [4.78, 5) is 26.1. The van der Waals surface area contributed by atoms with Gasteiger partial charge in [-0.3, -0.25) is 4.79 Å². The van der Waals surface area contributed by atoms with Gasteiger partial charge in [-0.2, -0.15) is 0 Å². The molecule has 1 saturated heterocycles. The molecule has 1 aromatic rings. The van der Waals surface area contributed by atoms with Crippen molar-refractivity contribution in [3.05, 3.63) is 21.9 Å². The van der Waals surface area contributed by atoms with E-state index in [0.717, 1.165) is 11.3 Å². The molecule has 6 nitrogen and oxygen atoms in total. The van der Waals surface area contributed by atoms with Crippen molar-refractivity contribution in [1.29, 1.82) is 0 Å². The topological polar surface area (TPSA) is 84.7 Å². The maximum Gasteiger partial charge on any atom is 0.407 e. The lowest BCUT2D eigenvalue weighted by Crippen LogP contribution is -2.38. The van der Waals surface area contributed by atoms with Crippen molar-refractivity contribution in [1.82, 2.24) is 10.2 Å². The molecule has 7 heteroatoms. The first-order valence-electron chi connectivity index (χ1n) is 6.55. The Morgan fingerprint density at radius 2 is 2.43 bits per heavy atom. The first-order chi connectivity index (χ1) is 10.1. The second-order valence-corrected chi connectivity index (χ2v) is 5.49. The van der Waals surface area contributed by atoms with E-state index in [0.29, 0.717) is 25.2 Å². The number of ether oxygens (including phenoxy) is 1. The zero-order chi connectivity index (χ0) is 15.2. The third-order valence-electron chi connectivity index (χ3n) is 3.14. The molecule has 0 saturated carbocycles. The predicted molar refractivity (Wildman–Crippen MR) is 80.1 cm³/mol. The first kappa shape index (κ1) is 15.4. The van der Waals surface area contributed by atoms with Gasteiger partial charge in [-0.25, -0.2) is 4.79 Å². The quantitative estimate of drug-likeness (QED) is 0.785. The van der Waals surface area contributed by atoms with Crippen molar-refractivity contribution in [2.45, 2.75) is 12.5 Å². The molecule has 1 unspecified atom stereocenters. The summed E-state index contributed by atoms with van der Waals surface area (Å²) >= 11 is 1.43. The van der Waals surface area contributed by atoms with Gasteiger partial charge < -0.3 is 20.7 Å². The van der Waals surface area contributed by atoms with Crippen LogP contribution in [0.3, 0.4) is 0 Å². The van der Waals surface area contributed by atoms with Crippen molar-refractivity contribution in [3.8, 4) is 11.8 Å². The molecule has 112 valence electrons. The zero-order valence-corrected chi connectivity index (χ0v) is 12.5. The van der Waals surface area contributed by atoms with Crippen molar-refractivity contribution in [2.75, 3.05) is 26.7 Å². The highest BCUT2D eigenvalue weighted by Crippen LogP contribution is 2.18. The molecule has 21 heavy (non-hydrogen) atoms. The Morgan fingerprint density at radius 3 is 3.14 bits per heavy atom. The number of alkyl carbamates (subject to hydrolysis) is 1. The van der Waals surface area contributed by atoms with Crippen molar-refractivity contribution in [2.24, 2.45) is 5.73 Å². The number of nitrogens with one attached hydrogen (secondary N) is 1. The van der Waals surface area contributed by atoms with E-state index in [1.807, 2.05) is 0 Å². The third kappa shape index (κ3) is 3.97. The second-order valence-electron chi connectivity index (χ2n) is 4.58. The normalized spacial score (nSPS) is 17.0. The fourth-order valence-electron chi connectivity index (χ4n) is 2.12. The number of methoxy groups -OCH3 is 1. The average molecular weight is 307 g/mol. The highest BCUT2D eigenvalue weighted by Gasteiger charge is 2.28. The van der Waals surface area contributed by atoms with Crippen LogP contribution in [0, 0.1) is 11.8 Å². The second kappa shape index (κ2) is 7.11. The molecule has 1 aliphatic rings. The van der Waals surface area contributed by atoms with Crippen LogP contribution in [0.25, 0.3) is 0 Å². The van der Waals surface area contributed by atoms with Gasteiger partial charge in [0.05, 0.1) is 30.1 Å². The third-order valence-corrected chi connectivity index (χ3v) is 3.99. The fourth-order valence-corrected chi connectivity index (χ4v) is 2.87. The average Bonchev–Trinajstić information content (AvgIpc) is 3.13. The van der Waals surface area contributed by atoms with Crippen molar-refractivity contribution in [3.63, 3.8) is 0 Å². The summed E-state index contributed by atoms with van der Waals surface area (Å²) < 4.78 is 4.56. The van der Waals surface area contributed by atoms with Gasteiger partial charge in [-0.1, -0.05) is 11.8 Å². The molecule has 0 aliphatic carbocycles. The van der Waals surface area contributed by atoms with Gasteiger partial charge in [-0.05, 0) is 12.5 Å². The highest BCUT2D eigenvalue weighted by molar-refractivity contribution is 7.10. The molecule has 0 radical (unpaired) electrons. The van der Waals surface area contributed by atoms with Crippen molar-refractivity contribution < 1.29 is 14.3 Å². The van der Waals surface area contributed by atoms with Gasteiger partial charge in [-0.15, -0.1) is 11.3 Å². The van der Waals surface area contributed by atoms with Gasteiger partial charge in [0.25, 0.3) is 5.91 Å². The van der Waals surface area contributed by atoms with Crippen LogP contribution >= 0.6 is 11.3 Å². The van der Waals surface area contributed by atoms with E-state index in [1.165, 1.54) is 18.4 Å². The van der Waals surface area contributed by atoms with E-state index >= 15 is 0 Å². The van der Waals surface area contributed by atoms with E-state index in [-0.39, 0.29) is 11.9 Å². The molecule has 0 spiro atoms. The van der Waals surface area contributed by atoms with Crippen LogP contribution in [0.1, 0.15) is 21.7 Å². The summed E-state index contributed by atoms with van der Waals surface area (Å²) in [6, 6.07) is 1.72. The Kier molecular flexibility index (Phi) is 5.20. The minimum absolute atomic E-state index is 0.0405. The number of amides is 2. The Bertz CT molecular complexity index is 588. The van der Waals surface area contributed by atoms with Crippen LogP contribution in [0.15, 0.2) is 11.4 Å². The van der Waals surface area contributed by atoms with E-state index in [1.54, 1.807) is 16.3 Å². The molecular weight excluding hydrogens is 290 g/mol. The summed E-state index contributed by atoms with van der Waals surface area (Å²) in [6.07, 6.45) is 0.259. The smallest absolute Gasteiger partial charge is 0.407 e. The minimum atomic E-state index is -0.468. The first-order valence-corrected chi connectivity index (χ1v) is 7.43. The molecule has 0 aromatic carbocycles. The number of nitrogens with zero attached hydrogens (tertiary/aromatic N) is 1. The molecule has 2 rings (SSSR count). The maximum absolute atomic E-state index is 12.4. The molecule has 1 aromatic heterocycles. The standard InChI is InChI=1S/C14H17N3O3S/c1-20-14(19)16-11-4-6-17(8-11)13(18)10-7-12(21-9-10)3-2-5-15/h7,9,11H,4-6,8,15H2,1H3,(H,16,19). The number of nitrogens with two attached hydrogens (primary N) is 1. The molecule has 0 bridgehead atoms. The Morgan fingerprint density at radius 1 is 1.62 bits per heavy atom. The van der Waals surface area contributed by atoms with Crippen LogP contribution in [-0.2, 0) is 4.74 Å². The van der Waals surface area contributed by atoms with Gasteiger partial charge >= 0.3 is 6.09 Å². The lowest BCUT2D eigenvalue weighted by Gasteiger charge is -2.16. The van der Waals surface area contributed by atoms with E-state index in [2.05, 4.69) is 21.9 Å². The van der Waals surface area contributed by atoms with Crippen LogP contribution in [0.4, 0.5) is 4.79 Å². The zero-order valence-electron chi connectivity index (χ0n) is 11.7. The molecule has 2 heterocycles. The monoisotopic (exact) mass is 307 g/mol. The summed E-state index contributed by atoms with van der Waals surface area (Å²) in [7, 11) is 1.32.